The molecule has 0 unspecified atom stereocenters. The minimum absolute atomic E-state index is 0.0358. The third-order valence-corrected chi connectivity index (χ3v) is 4.13. The maximum Gasteiger partial charge on any atom is 0.360 e. The van der Waals surface area contributed by atoms with Gasteiger partial charge in [-0.1, -0.05) is 18.2 Å². The van der Waals surface area contributed by atoms with Crippen molar-refractivity contribution >= 4 is 22.6 Å². The third-order valence-electron chi connectivity index (χ3n) is 4.13. The molecule has 0 aliphatic carbocycles. The topological polar surface area (TPSA) is 84.3 Å². The molecule has 1 aromatic carbocycles. The number of carbonyl (C=O) groups excluding carboxylic acids is 1. The summed E-state index contributed by atoms with van der Waals surface area (Å²) in [4.78, 5) is 20.1. The predicted octanol–water partition coefficient (Wildman–Crippen LogP) is 3.56. The van der Waals surface area contributed by atoms with Crippen LogP contribution in [0, 0.1) is 0 Å². The molecule has 0 aliphatic rings. The van der Waals surface area contributed by atoms with Crippen molar-refractivity contribution in [1.29, 1.82) is 0 Å². The van der Waals surface area contributed by atoms with Crippen LogP contribution in [0.1, 0.15) is 29.0 Å². The summed E-state index contributed by atoms with van der Waals surface area (Å²) < 4.78 is 4.62. The Kier molecular flexibility index (Phi) is 5.63. The zero-order chi connectivity index (χ0) is 18.4. The van der Waals surface area contributed by atoms with E-state index in [1.54, 1.807) is 12.3 Å². The highest BCUT2D eigenvalue weighted by Crippen LogP contribution is 2.21. The third kappa shape index (κ3) is 4.08. The smallest absolute Gasteiger partial charge is 0.360 e. The number of unbranched alkanes of at least 4 members (excludes halogenated alkanes) is 1. The predicted molar refractivity (Wildman–Crippen MR) is 100 cm³/mol. The first-order valence-electron chi connectivity index (χ1n) is 8.54. The van der Waals surface area contributed by atoms with Crippen molar-refractivity contribution in [3.8, 4) is 5.75 Å². The highest BCUT2D eigenvalue weighted by molar-refractivity contribution is 5.91. The van der Waals surface area contributed by atoms with E-state index in [1.165, 1.54) is 13.2 Å². The Morgan fingerprint density at radius 3 is 2.85 bits per heavy atom. The average molecular weight is 351 g/mol. The summed E-state index contributed by atoms with van der Waals surface area (Å²) in [6, 6.07) is 13.2. The van der Waals surface area contributed by atoms with E-state index >= 15 is 0 Å². The number of hydrogen-bond acceptors (Lipinski definition) is 6. The van der Waals surface area contributed by atoms with Gasteiger partial charge in [0.25, 0.3) is 0 Å². The standard InChI is InChI=1S/C20H21N3O3/c1-26-20(25)19-18(24)10-9-14(23-19)6-4-5-12-21-17-11-13-22-16-8-3-2-7-15(16)17/h2-3,7-11,13,24H,4-6,12H2,1H3,(H,21,22). The second-order valence-electron chi connectivity index (χ2n) is 5.92. The van der Waals surface area contributed by atoms with Crippen molar-refractivity contribution in [2.45, 2.75) is 19.3 Å². The lowest BCUT2D eigenvalue weighted by Gasteiger charge is -2.09. The van der Waals surface area contributed by atoms with Gasteiger partial charge in [0, 0.05) is 29.5 Å². The fraction of sp³-hybridized carbons (Fsp3) is 0.250. The van der Waals surface area contributed by atoms with Gasteiger partial charge in [-0.05, 0) is 43.5 Å². The number of nitrogens with one attached hydrogen (secondary N) is 1. The second kappa shape index (κ2) is 8.29. The molecule has 2 aromatic heterocycles. The van der Waals surface area contributed by atoms with Crippen LogP contribution in [0.5, 0.6) is 5.75 Å². The number of fused-ring (bicyclic) bond motifs is 1. The van der Waals surface area contributed by atoms with Crippen molar-refractivity contribution in [3.05, 3.63) is 60.0 Å². The number of esters is 1. The van der Waals surface area contributed by atoms with Gasteiger partial charge in [0.2, 0.25) is 0 Å². The summed E-state index contributed by atoms with van der Waals surface area (Å²) in [5.74, 6) is -0.789. The Balaban J connectivity index is 1.52. The van der Waals surface area contributed by atoms with Crippen molar-refractivity contribution in [2.75, 3.05) is 19.0 Å². The number of carbonyl (C=O) groups is 1. The van der Waals surface area contributed by atoms with E-state index in [0.717, 1.165) is 48.1 Å². The first-order chi connectivity index (χ1) is 12.7. The highest BCUT2D eigenvalue weighted by atomic mass is 16.5. The van der Waals surface area contributed by atoms with E-state index < -0.39 is 5.97 Å². The number of hydrogen-bond donors (Lipinski definition) is 2. The largest absolute Gasteiger partial charge is 0.505 e. The van der Waals surface area contributed by atoms with E-state index in [1.807, 2.05) is 24.3 Å². The van der Waals surface area contributed by atoms with Gasteiger partial charge < -0.3 is 15.2 Å². The van der Waals surface area contributed by atoms with Crippen LogP contribution in [0.25, 0.3) is 10.9 Å². The molecule has 0 atom stereocenters. The summed E-state index contributed by atoms with van der Waals surface area (Å²) in [6.45, 7) is 0.829. The maximum absolute atomic E-state index is 11.6. The number of nitrogens with zero attached hydrogens (tertiary/aromatic N) is 2. The number of rotatable bonds is 7. The van der Waals surface area contributed by atoms with Gasteiger partial charge in [-0.2, -0.15) is 0 Å². The van der Waals surface area contributed by atoms with Gasteiger partial charge >= 0.3 is 5.97 Å². The first-order valence-corrected chi connectivity index (χ1v) is 8.54. The summed E-state index contributed by atoms with van der Waals surface area (Å²) in [5.41, 5.74) is 2.77. The monoisotopic (exact) mass is 351 g/mol. The number of pyridine rings is 2. The van der Waals surface area contributed by atoms with Crippen molar-refractivity contribution < 1.29 is 14.6 Å². The maximum atomic E-state index is 11.6. The average Bonchev–Trinajstić information content (AvgIpc) is 2.68. The lowest BCUT2D eigenvalue weighted by atomic mass is 10.1. The number of aromatic hydroxyl groups is 1. The van der Waals surface area contributed by atoms with Gasteiger partial charge in [0.1, 0.15) is 5.75 Å². The SMILES string of the molecule is COC(=O)c1nc(CCCCNc2ccnc3ccccc23)ccc1O. The summed E-state index contributed by atoms with van der Waals surface area (Å²) in [5, 5.41) is 14.2. The lowest BCUT2D eigenvalue weighted by molar-refractivity contribution is 0.0590. The Morgan fingerprint density at radius 1 is 1.15 bits per heavy atom. The van der Waals surface area contributed by atoms with Gasteiger partial charge in [0.05, 0.1) is 12.6 Å². The van der Waals surface area contributed by atoms with E-state index in [4.69, 9.17) is 0 Å². The number of para-hydroxylation sites is 1. The molecular weight excluding hydrogens is 330 g/mol. The summed E-state index contributed by atoms with van der Waals surface area (Å²) in [6.07, 6.45) is 4.39. The van der Waals surface area contributed by atoms with Gasteiger partial charge in [0.15, 0.2) is 5.69 Å². The molecule has 0 saturated carbocycles. The number of benzene rings is 1. The molecule has 3 aromatic rings. The number of anilines is 1. The Hall–Kier alpha value is -3.15. The van der Waals surface area contributed by atoms with Gasteiger partial charge in [-0.3, -0.25) is 4.98 Å². The van der Waals surface area contributed by atoms with Crippen LogP contribution in [0.4, 0.5) is 5.69 Å². The minimum Gasteiger partial charge on any atom is -0.505 e. The quantitative estimate of drug-likeness (QED) is 0.500. The molecular formula is C20H21N3O3. The number of methoxy groups -OCH3 is 1. The lowest BCUT2D eigenvalue weighted by Crippen LogP contribution is -2.07. The van der Waals surface area contributed by atoms with Crippen LogP contribution in [-0.2, 0) is 11.2 Å². The van der Waals surface area contributed by atoms with E-state index in [-0.39, 0.29) is 11.4 Å². The summed E-state index contributed by atoms with van der Waals surface area (Å²) >= 11 is 0. The first kappa shape index (κ1) is 17.7. The van der Waals surface area contributed by atoms with Crippen molar-refractivity contribution in [3.63, 3.8) is 0 Å². The van der Waals surface area contributed by atoms with E-state index in [9.17, 15) is 9.90 Å². The summed E-state index contributed by atoms with van der Waals surface area (Å²) in [7, 11) is 1.27. The molecule has 6 nitrogen and oxygen atoms in total. The zero-order valence-electron chi connectivity index (χ0n) is 14.6. The van der Waals surface area contributed by atoms with E-state index in [0.29, 0.717) is 0 Å². The molecule has 2 N–H and O–H groups in total. The Bertz CT molecular complexity index is 906. The minimum atomic E-state index is -0.629. The molecule has 0 spiro atoms. The molecule has 0 aliphatic heterocycles. The molecule has 0 radical (unpaired) electrons. The fourth-order valence-electron chi connectivity index (χ4n) is 2.78. The highest BCUT2D eigenvalue weighted by Gasteiger charge is 2.14. The Labute approximate surface area is 151 Å². The molecule has 26 heavy (non-hydrogen) atoms. The molecule has 0 amide bonds. The molecule has 2 heterocycles. The molecule has 0 fully saturated rings. The zero-order valence-corrected chi connectivity index (χ0v) is 14.6. The molecule has 3 rings (SSSR count). The fourth-order valence-corrected chi connectivity index (χ4v) is 2.78. The van der Waals surface area contributed by atoms with Gasteiger partial charge in [-0.25, -0.2) is 9.78 Å². The Morgan fingerprint density at radius 2 is 2.00 bits per heavy atom. The molecule has 0 bridgehead atoms. The van der Waals surface area contributed by atoms with Gasteiger partial charge in [-0.15, -0.1) is 0 Å². The van der Waals surface area contributed by atoms with Crippen molar-refractivity contribution in [2.24, 2.45) is 0 Å². The second-order valence-corrected chi connectivity index (χ2v) is 5.92. The van der Waals surface area contributed by atoms with Crippen LogP contribution in [0.3, 0.4) is 0 Å². The van der Waals surface area contributed by atoms with Crippen LogP contribution in [0.15, 0.2) is 48.7 Å². The van der Waals surface area contributed by atoms with Crippen LogP contribution >= 0.6 is 0 Å². The van der Waals surface area contributed by atoms with Crippen molar-refractivity contribution in [1.82, 2.24) is 9.97 Å². The normalized spacial score (nSPS) is 10.7. The van der Waals surface area contributed by atoms with Crippen LogP contribution < -0.4 is 5.32 Å². The van der Waals surface area contributed by atoms with Crippen LogP contribution in [0.2, 0.25) is 0 Å². The van der Waals surface area contributed by atoms with E-state index in [2.05, 4.69) is 26.1 Å². The van der Waals surface area contributed by atoms with Crippen LogP contribution in [-0.4, -0.2) is 34.7 Å². The molecule has 134 valence electrons. The number of aryl methyl sites for hydroxylation is 1. The number of ether oxygens (including phenoxy) is 1. The molecule has 0 saturated heterocycles. The number of aromatic nitrogens is 2. The molecule has 6 heteroatoms.